The third kappa shape index (κ3) is 3.45. The van der Waals surface area contributed by atoms with Crippen LogP contribution in [0.25, 0.3) is 0 Å². The number of allylic oxidation sites excluding steroid dienone is 3. The number of carbonyl (C=O) groups is 1. The predicted octanol–water partition coefficient (Wildman–Crippen LogP) is 2.61. The van der Waals surface area contributed by atoms with Gasteiger partial charge < -0.3 is 4.74 Å². The van der Waals surface area contributed by atoms with Gasteiger partial charge in [0.2, 0.25) is 0 Å². The Morgan fingerprint density at radius 2 is 2.38 bits per heavy atom. The molecule has 0 heterocycles. The monoisotopic (exact) mass is 180 g/mol. The molecule has 0 aliphatic heterocycles. The van der Waals surface area contributed by atoms with Gasteiger partial charge in [-0.1, -0.05) is 11.6 Å². The van der Waals surface area contributed by atoms with Gasteiger partial charge in [0.25, 0.3) is 0 Å². The summed E-state index contributed by atoms with van der Waals surface area (Å²) in [5.74, 6) is -0.219. The molecule has 0 bridgehead atoms. The van der Waals surface area contributed by atoms with Crippen LogP contribution < -0.4 is 0 Å². The first-order chi connectivity index (χ1) is 6.22. The minimum absolute atomic E-state index is 0.219. The van der Waals surface area contributed by atoms with E-state index in [1.54, 1.807) is 6.08 Å². The maximum atomic E-state index is 11.1. The second kappa shape index (κ2) is 4.85. The quantitative estimate of drug-likeness (QED) is 0.482. The molecule has 72 valence electrons. The van der Waals surface area contributed by atoms with E-state index in [-0.39, 0.29) is 5.97 Å². The summed E-state index contributed by atoms with van der Waals surface area (Å²) in [5, 5.41) is 0. The van der Waals surface area contributed by atoms with E-state index >= 15 is 0 Å². The fourth-order valence-corrected chi connectivity index (χ4v) is 1.48. The molecular weight excluding hydrogens is 164 g/mol. The average Bonchev–Trinajstić information content (AvgIpc) is 2.04. The highest BCUT2D eigenvalue weighted by molar-refractivity contribution is 5.83. The van der Waals surface area contributed by atoms with E-state index < -0.39 is 0 Å². The number of esters is 1. The van der Waals surface area contributed by atoms with Gasteiger partial charge in [-0.3, -0.25) is 0 Å². The molecule has 2 heteroatoms. The smallest absolute Gasteiger partial charge is 0.331 e. The summed E-state index contributed by atoms with van der Waals surface area (Å²) in [6.45, 7) is 4.36. The zero-order chi connectivity index (χ0) is 9.68. The van der Waals surface area contributed by atoms with Crippen LogP contribution in [0, 0.1) is 0 Å². The normalized spacial score (nSPS) is 19.8. The van der Waals surface area contributed by atoms with Crippen LogP contribution in [0.1, 0.15) is 33.1 Å². The molecule has 0 saturated carbocycles. The van der Waals surface area contributed by atoms with E-state index in [0.29, 0.717) is 6.61 Å². The molecule has 0 aromatic carbocycles. The number of rotatable bonds is 2. The maximum Gasteiger partial charge on any atom is 0.331 e. The van der Waals surface area contributed by atoms with E-state index in [1.807, 2.05) is 6.92 Å². The van der Waals surface area contributed by atoms with Crippen LogP contribution >= 0.6 is 0 Å². The van der Waals surface area contributed by atoms with Crippen molar-refractivity contribution >= 4 is 5.97 Å². The van der Waals surface area contributed by atoms with Gasteiger partial charge in [0.05, 0.1) is 6.61 Å². The average molecular weight is 180 g/mol. The minimum atomic E-state index is -0.219. The van der Waals surface area contributed by atoms with Crippen molar-refractivity contribution in [2.24, 2.45) is 0 Å². The summed E-state index contributed by atoms with van der Waals surface area (Å²) in [5.41, 5.74) is 2.45. The Balaban J connectivity index is 2.60. The summed E-state index contributed by atoms with van der Waals surface area (Å²) < 4.78 is 4.84. The molecule has 0 saturated heterocycles. The second-order valence-electron chi connectivity index (χ2n) is 3.32. The Morgan fingerprint density at radius 3 is 3.00 bits per heavy atom. The Bertz CT molecular complexity index is 249. The lowest BCUT2D eigenvalue weighted by atomic mass is 9.96. The molecule has 0 amide bonds. The van der Waals surface area contributed by atoms with Gasteiger partial charge in [0, 0.05) is 6.08 Å². The topological polar surface area (TPSA) is 26.3 Å². The molecule has 0 aromatic heterocycles. The zero-order valence-electron chi connectivity index (χ0n) is 8.30. The van der Waals surface area contributed by atoms with E-state index in [1.165, 1.54) is 5.57 Å². The zero-order valence-corrected chi connectivity index (χ0v) is 8.30. The fourth-order valence-electron chi connectivity index (χ4n) is 1.48. The second-order valence-corrected chi connectivity index (χ2v) is 3.32. The van der Waals surface area contributed by atoms with Gasteiger partial charge in [-0.25, -0.2) is 4.79 Å². The lowest BCUT2D eigenvalue weighted by Gasteiger charge is -2.11. The molecule has 0 fully saturated rings. The standard InChI is InChI=1S/C11H16O2/c1-3-13-11(12)8-10-6-4-5-9(2)7-10/h7-8H,3-6H2,1-2H3/b10-8+. The first-order valence-corrected chi connectivity index (χ1v) is 4.77. The number of carbonyl (C=O) groups excluding carboxylic acids is 1. The summed E-state index contributed by atoms with van der Waals surface area (Å²) in [6.07, 6.45) is 6.98. The molecule has 13 heavy (non-hydrogen) atoms. The van der Waals surface area contributed by atoms with Crippen LogP contribution in [0.5, 0.6) is 0 Å². The largest absolute Gasteiger partial charge is 0.463 e. The Hall–Kier alpha value is -1.05. The lowest BCUT2D eigenvalue weighted by Crippen LogP contribution is -2.02. The van der Waals surface area contributed by atoms with Gasteiger partial charge in [-0.2, -0.15) is 0 Å². The van der Waals surface area contributed by atoms with Crippen LogP contribution in [-0.4, -0.2) is 12.6 Å². The summed E-state index contributed by atoms with van der Waals surface area (Å²) >= 11 is 0. The van der Waals surface area contributed by atoms with Gasteiger partial charge in [0.15, 0.2) is 0 Å². The van der Waals surface area contributed by atoms with Crippen molar-refractivity contribution in [1.29, 1.82) is 0 Å². The molecule has 0 atom stereocenters. The lowest BCUT2D eigenvalue weighted by molar-refractivity contribution is -0.137. The first-order valence-electron chi connectivity index (χ1n) is 4.77. The van der Waals surface area contributed by atoms with Crippen LogP contribution in [0.3, 0.4) is 0 Å². The highest BCUT2D eigenvalue weighted by atomic mass is 16.5. The van der Waals surface area contributed by atoms with E-state index in [4.69, 9.17) is 4.74 Å². The van der Waals surface area contributed by atoms with Crippen molar-refractivity contribution in [3.05, 3.63) is 23.3 Å². The summed E-state index contributed by atoms with van der Waals surface area (Å²) in [7, 11) is 0. The van der Waals surface area contributed by atoms with Crippen molar-refractivity contribution in [2.75, 3.05) is 6.61 Å². The molecule has 0 spiro atoms. The number of hydrogen-bond acceptors (Lipinski definition) is 2. The van der Waals surface area contributed by atoms with Crippen molar-refractivity contribution < 1.29 is 9.53 Å². The van der Waals surface area contributed by atoms with Crippen molar-refractivity contribution in [1.82, 2.24) is 0 Å². The highest BCUT2D eigenvalue weighted by Gasteiger charge is 2.05. The summed E-state index contributed by atoms with van der Waals surface area (Å²) in [6, 6.07) is 0. The van der Waals surface area contributed by atoms with Gasteiger partial charge >= 0.3 is 5.97 Å². The fraction of sp³-hybridized carbons (Fsp3) is 0.545. The van der Waals surface area contributed by atoms with Crippen LogP contribution in [-0.2, 0) is 9.53 Å². The number of hydrogen-bond donors (Lipinski definition) is 0. The van der Waals surface area contributed by atoms with Gasteiger partial charge in [-0.15, -0.1) is 0 Å². The minimum Gasteiger partial charge on any atom is -0.463 e. The molecule has 1 aliphatic carbocycles. The Kier molecular flexibility index (Phi) is 3.74. The molecule has 1 rings (SSSR count). The third-order valence-electron chi connectivity index (χ3n) is 2.06. The van der Waals surface area contributed by atoms with Crippen molar-refractivity contribution in [2.45, 2.75) is 33.1 Å². The molecular formula is C11H16O2. The maximum absolute atomic E-state index is 11.1. The van der Waals surface area contributed by atoms with E-state index in [2.05, 4.69) is 13.0 Å². The first kappa shape index (κ1) is 10.0. The Labute approximate surface area is 79.3 Å². The molecule has 2 nitrogen and oxygen atoms in total. The van der Waals surface area contributed by atoms with Crippen molar-refractivity contribution in [3.63, 3.8) is 0 Å². The predicted molar refractivity (Wildman–Crippen MR) is 52.3 cm³/mol. The third-order valence-corrected chi connectivity index (χ3v) is 2.06. The van der Waals surface area contributed by atoms with E-state index in [9.17, 15) is 4.79 Å². The molecule has 0 N–H and O–H groups in total. The Morgan fingerprint density at radius 1 is 1.62 bits per heavy atom. The molecule has 0 aromatic rings. The van der Waals surface area contributed by atoms with Crippen LogP contribution in [0.2, 0.25) is 0 Å². The SMILES string of the molecule is CCOC(=O)/C=C1/C=C(C)CCC1. The molecule has 0 radical (unpaired) electrons. The van der Waals surface area contributed by atoms with E-state index in [0.717, 1.165) is 24.8 Å². The summed E-state index contributed by atoms with van der Waals surface area (Å²) in [4.78, 5) is 11.1. The van der Waals surface area contributed by atoms with Crippen molar-refractivity contribution in [3.8, 4) is 0 Å². The van der Waals surface area contributed by atoms with Crippen LogP contribution in [0.4, 0.5) is 0 Å². The molecule has 0 unspecified atom stereocenters. The van der Waals surface area contributed by atoms with Gasteiger partial charge in [0.1, 0.15) is 0 Å². The molecule has 1 aliphatic rings. The van der Waals surface area contributed by atoms with Gasteiger partial charge in [-0.05, 0) is 38.7 Å². The number of ether oxygens (including phenoxy) is 1. The van der Waals surface area contributed by atoms with Crippen LogP contribution in [0.15, 0.2) is 23.3 Å². The highest BCUT2D eigenvalue weighted by Crippen LogP contribution is 2.21.